The fourth-order valence-corrected chi connectivity index (χ4v) is 3.41. The van der Waals surface area contributed by atoms with Crippen molar-refractivity contribution in [3.8, 4) is 11.5 Å². The van der Waals surface area contributed by atoms with Crippen LogP contribution in [-0.4, -0.2) is 24.9 Å². The van der Waals surface area contributed by atoms with Crippen LogP contribution in [0.5, 0.6) is 11.5 Å². The number of fused-ring (bicyclic) bond motifs is 1. The molecule has 1 aliphatic rings. The number of rotatable bonds is 4. The minimum absolute atomic E-state index is 0.0475. The van der Waals surface area contributed by atoms with Gasteiger partial charge in [-0.25, -0.2) is 0 Å². The van der Waals surface area contributed by atoms with E-state index in [0.29, 0.717) is 46.0 Å². The van der Waals surface area contributed by atoms with E-state index in [4.69, 9.17) is 21.1 Å². The van der Waals surface area contributed by atoms with E-state index in [1.165, 1.54) is 18.3 Å². The van der Waals surface area contributed by atoms with Crippen LogP contribution in [0.3, 0.4) is 0 Å². The van der Waals surface area contributed by atoms with Crippen molar-refractivity contribution in [1.29, 1.82) is 0 Å². The third-order valence-electron chi connectivity index (χ3n) is 3.49. The lowest BCUT2D eigenvalue weighted by Gasteiger charge is -2.12. The number of nitrogens with one attached hydrogen (secondary N) is 1. The number of hydrogen-bond donors (Lipinski definition) is 1. The highest BCUT2D eigenvalue weighted by Crippen LogP contribution is 2.38. The molecule has 24 heavy (non-hydrogen) atoms. The van der Waals surface area contributed by atoms with Crippen molar-refractivity contribution >= 4 is 34.6 Å². The largest absolute Gasteiger partial charge is 0.489 e. The molecule has 0 radical (unpaired) electrons. The number of carbonyl (C=O) groups excluding carboxylic acids is 2. The van der Waals surface area contributed by atoms with Gasteiger partial charge in [0.25, 0.3) is 5.91 Å². The van der Waals surface area contributed by atoms with E-state index >= 15 is 0 Å². The van der Waals surface area contributed by atoms with Crippen LogP contribution in [0, 0.1) is 0 Å². The highest BCUT2D eigenvalue weighted by Gasteiger charge is 2.16. The second-order valence-corrected chi connectivity index (χ2v) is 6.85. The maximum Gasteiger partial charge on any atom is 0.261 e. The van der Waals surface area contributed by atoms with Gasteiger partial charge in [0.2, 0.25) is 0 Å². The maximum absolute atomic E-state index is 12.2. The van der Waals surface area contributed by atoms with Crippen LogP contribution in [0.15, 0.2) is 24.3 Å². The summed E-state index contributed by atoms with van der Waals surface area (Å²) in [5.74, 6) is 0.873. The predicted molar refractivity (Wildman–Crippen MR) is 92.6 cm³/mol. The molecule has 1 aliphatic heterocycles. The molecule has 1 N–H and O–H groups in total. The lowest BCUT2D eigenvalue weighted by molar-refractivity contribution is 0.0954. The Morgan fingerprint density at radius 1 is 1.21 bits per heavy atom. The number of carbonyl (C=O) groups is 2. The SMILES string of the molecule is CC(=O)c1ccc(C(=O)NCc2cc(Cl)c3c(c2)OCCCO3)s1. The van der Waals surface area contributed by atoms with Crippen LogP contribution in [0.25, 0.3) is 0 Å². The monoisotopic (exact) mass is 365 g/mol. The molecule has 0 fully saturated rings. The van der Waals surface area contributed by atoms with Gasteiger partial charge in [0.1, 0.15) is 0 Å². The molecule has 0 saturated carbocycles. The first-order chi connectivity index (χ1) is 11.5. The summed E-state index contributed by atoms with van der Waals surface area (Å²) in [6.45, 7) is 2.93. The first-order valence-electron chi connectivity index (χ1n) is 7.51. The number of amides is 1. The first-order valence-corrected chi connectivity index (χ1v) is 8.71. The molecular weight excluding hydrogens is 350 g/mol. The number of hydrogen-bond acceptors (Lipinski definition) is 5. The van der Waals surface area contributed by atoms with Crippen molar-refractivity contribution in [3.63, 3.8) is 0 Å². The summed E-state index contributed by atoms with van der Waals surface area (Å²) in [7, 11) is 0. The van der Waals surface area contributed by atoms with E-state index < -0.39 is 0 Å². The Kier molecular flexibility index (Phi) is 5.06. The molecule has 5 nitrogen and oxygen atoms in total. The molecule has 0 unspecified atom stereocenters. The van der Waals surface area contributed by atoms with E-state index in [9.17, 15) is 9.59 Å². The molecule has 1 amide bonds. The van der Waals surface area contributed by atoms with Gasteiger partial charge in [-0.1, -0.05) is 11.6 Å². The molecule has 0 aliphatic carbocycles. The lowest BCUT2D eigenvalue weighted by Crippen LogP contribution is -2.21. The van der Waals surface area contributed by atoms with Gasteiger partial charge in [-0.05, 0) is 36.8 Å². The zero-order valence-electron chi connectivity index (χ0n) is 13.1. The second-order valence-electron chi connectivity index (χ2n) is 5.36. The number of benzene rings is 1. The molecule has 2 aromatic rings. The molecule has 126 valence electrons. The number of ether oxygens (including phenoxy) is 2. The third-order valence-corrected chi connectivity index (χ3v) is 4.96. The standard InChI is InChI=1S/C17H16ClNO4S/c1-10(20)14-3-4-15(24-14)17(21)19-9-11-7-12(18)16-13(8-11)22-5-2-6-23-16/h3-4,7-8H,2,5-6,9H2,1H3,(H,19,21). The number of ketones is 1. The Morgan fingerprint density at radius 3 is 2.71 bits per heavy atom. The van der Waals surface area contributed by atoms with Gasteiger partial charge < -0.3 is 14.8 Å². The Hall–Kier alpha value is -2.05. The summed E-state index contributed by atoms with van der Waals surface area (Å²) >= 11 is 7.42. The zero-order valence-corrected chi connectivity index (χ0v) is 14.6. The third kappa shape index (κ3) is 3.71. The van der Waals surface area contributed by atoms with Gasteiger partial charge in [0.05, 0.1) is 28.0 Å². The average Bonchev–Trinajstić information content (AvgIpc) is 2.93. The van der Waals surface area contributed by atoms with Gasteiger partial charge in [-0.2, -0.15) is 0 Å². The highest BCUT2D eigenvalue weighted by atomic mass is 35.5. The summed E-state index contributed by atoms with van der Waals surface area (Å²) < 4.78 is 11.2. The summed E-state index contributed by atoms with van der Waals surface area (Å²) in [6, 6.07) is 6.89. The van der Waals surface area contributed by atoms with E-state index in [0.717, 1.165) is 12.0 Å². The summed E-state index contributed by atoms with van der Waals surface area (Å²) in [6.07, 6.45) is 0.800. The number of thiophene rings is 1. The van der Waals surface area contributed by atoms with Crippen molar-refractivity contribution < 1.29 is 19.1 Å². The molecular formula is C17H16ClNO4S. The fourth-order valence-electron chi connectivity index (χ4n) is 2.30. The van der Waals surface area contributed by atoms with Crippen LogP contribution >= 0.6 is 22.9 Å². The second kappa shape index (κ2) is 7.23. The van der Waals surface area contributed by atoms with Crippen LogP contribution in [0.4, 0.5) is 0 Å². The van der Waals surface area contributed by atoms with Crippen LogP contribution in [-0.2, 0) is 6.54 Å². The zero-order chi connectivity index (χ0) is 17.1. The molecule has 1 aromatic carbocycles. The van der Waals surface area contributed by atoms with Crippen molar-refractivity contribution in [2.24, 2.45) is 0 Å². The van der Waals surface area contributed by atoms with Crippen LogP contribution in [0.2, 0.25) is 5.02 Å². The predicted octanol–water partition coefficient (Wildman–Crippen LogP) is 3.70. The van der Waals surface area contributed by atoms with Crippen molar-refractivity contribution in [2.75, 3.05) is 13.2 Å². The van der Waals surface area contributed by atoms with E-state index in [2.05, 4.69) is 5.32 Å². The van der Waals surface area contributed by atoms with Crippen molar-refractivity contribution in [1.82, 2.24) is 5.32 Å². The van der Waals surface area contributed by atoms with E-state index in [1.54, 1.807) is 18.2 Å². The molecule has 0 saturated heterocycles. The van der Waals surface area contributed by atoms with E-state index in [1.807, 2.05) is 6.07 Å². The van der Waals surface area contributed by atoms with Crippen molar-refractivity contribution in [2.45, 2.75) is 19.9 Å². The topological polar surface area (TPSA) is 64.6 Å². The highest BCUT2D eigenvalue weighted by molar-refractivity contribution is 7.15. The first kappa shape index (κ1) is 16.8. The van der Waals surface area contributed by atoms with Gasteiger partial charge in [0.15, 0.2) is 17.3 Å². The number of halogens is 1. The van der Waals surface area contributed by atoms with Gasteiger partial charge in [-0.3, -0.25) is 9.59 Å². The van der Waals surface area contributed by atoms with Gasteiger partial charge >= 0.3 is 0 Å². The Balaban J connectivity index is 1.70. The molecule has 0 spiro atoms. The maximum atomic E-state index is 12.2. The molecule has 7 heteroatoms. The van der Waals surface area contributed by atoms with Gasteiger partial charge in [-0.15, -0.1) is 11.3 Å². The molecule has 1 aromatic heterocycles. The smallest absolute Gasteiger partial charge is 0.261 e. The fraction of sp³-hybridized carbons (Fsp3) is 0.294. The molecule has 3 rings (SSSR count). The van der Waals surface area contributed by atoms with Crippen LogP contribution in [0.1, 0.15) is 38.3 Å². The Bertz CT molecular complexity index is 787. The van der Waals surface area contributed by atoms with Gasteiger partial charge in [0, 0.05) is 13.0 Å². The Morgan fingerprint density at radius 2 is 1.96 bits per heavy atom. The quantitative estimate of drug-likeness (QED) is 0.839. The van der Waals surface area contributed by atoms with Crippen molar-refractivity contribution in [3.05, 3.63) is 44.6 Å². The molecule has 0 bridgehead atoms. The lowest BCUT2D eigenvalue weighted by atomic mass is 10.2. The normalized spacial score (nSPS) is 13.2. The molecule has 0 atom stereocenters. The minimum atomic E-state index is -0.226. The van der Waals surface area contributed by atoms with E-state index in [-0.39, 0.29) is 11.7 Å². The molecule has 2 heterocycles. The summed E-state index contributed by atoms with van der Waals surface area (Å²) in [4.78, 5) is 24.6. The minimum Gasteiger partial charge on any atom is -0.489 e. The summed E-state index contributed by atoms with van der Waals surface area (Å²) in [5.41, 5.74) is 0.820. The number of Topliss-reactive ketones (excluding diaryl/α,β-unsaturated/α-hetero) is 1. The average molecular weight is 366 g/mol. The van der Waals surface area contributed by atoms with Crippen LogP contribution < -0.4 is 14.8 Å². The Labute approximate surface area is 148 Å². The summed E-state index contributed by atoms with van der Waals surface area (Å²) in [5, 5.41) is 3.29.